The number of hydrogen-bond acceptors (Lipinski definition) is 6. The van der Waals surface area contributed by atoms with E-state index in [0.29, 0.717) is 11.5 Å². The van der Waals surface area contributed by atoms with Gasteiger partial charge in [-0.25, -0.2) is 15.4 Å². The van der Waals surface area contributed by atoms with Crippen molar-refractivity contribution in [2.24, 2.45) is 5.10 Å². The molecule has 0 aliphatic rings. The van der Waals surface area contributed by atoms with E-state index in [0.717, 1.165) is 17.2 Å². The third-order valence-corrected chi connectivity index (χ3v) is 3.07. The molecule has 6 nitrogen and oxygen atoms in total. The van der Waals surface area contributed by atoms with Crippen LogP contribution < -0.4 is 16.6 Å². The average molecular weight is 334 g/mol. The van der Waals surface area contributed by atoms with Gasteiger partial charge in [-0.3, -0.25) is 0 Å². The second kappa shape index (κ2) is 6.38. The smallest absolute Gasteiger partial charge is 0.243 e. The fourth-order valence-corrected chi connectivity index (χ4v) is 1.99. The molecule has 0 fully saturated rings. The molecule has 0 unspecified atom stereocenters. The van der Waals surface area contributed by atoms with Gasteiger partial charge in [0.25, 0.3) is 0 Å². The van der Waals surface area contributed by atoms with Crippen LogP contribution in [0.1, 0.15) is 5.56 Å². The normalized spacial score (nSPS) is 10.7. The predicted octanol–water partition coefficient (Wildman–Crippen LogP) is 1.08. The molecule has 1 heterocycles. The number of nitrogens with two attached hydrogens (primary N) is 1. The van der Waals surface area contributed by atoms with Gasteiger partial charge in [0, 0.05) is 22.4 Å². The lowest BCUT2D eigenvalue weighted by molar-refractivity contribution is 0.477. The number of aromatic hydroxyl groups is 1. The number of hydrazone groups is 1. The van der Waals surface area contributed by atoms with Crippen LogP contribution in [-0.2, 0) is 0 Å². The molecule has 0 aliphatic heterocycles. The van der Waals surface area contributed by atoms with Gasteiger partial charge >= 0.3 is 0 Å². The zero-order chi connectivity index (χ0) is 14.5. The topological polar surface area (TPSA) is 96.4 Å². The summed E-state index contributed by atoms with van der Waals surface area (Å²) in [6.07, 6.45) is 4.92. The monoisotopic (exact) mass is 333 g/mol. The third-order valence-electron chi connectivity index (χ3n) is 2.62. The molecule has 0 atom stereocenters. The highest BCUT2D eigenvalue weighted by Crippen LogP contribution is 2.28. The van der Waals surface area contributed by atoms with Gasteiger partial charge in [-0.15, -0.1) is 0 Å². The van der Waals surface area contributed by atoms with E-state index in [1.165, 1.54) is 6.21 Å². The summed E-state index contributed by atoms with van der Waals surface area (Å²) in [4.78, 5) is 8.21. The number of benzene rings is 1. The number of nitrogens with one attached hydrogen (secondary N) is 1. The highest BCUT2D eigenvalue weighted by atomic mass is 79.9. The number of nitrogen functional groups attached to an aromatic ring is 1. The van der Waals surface area contributed by atoms with Crippen molar-refractivity contribution in [1.82, 2.24) is 9.97 Å². The Morgan fingerprint density at radius 3 is 2.75 bits per heavy atom. The first kappa shape index (κ1) is 14.3. The Morgan fingerprint density at radius 1 is 1.40 bits per heavy atom. The van der Waals surface area contributed by atoms with Gasteiger partial charge in [0.2, 0.25) is 5.95 Å². The molecule has 0 saturated heterocycles. The first-order valence-corrected chi connectivity index (χ1v) is 6.77. The number of halogens is 1. The van der Waals surface area contributed by atoms with E-state index in [-0.39, 0.29) is 11.4 Å². The zero-order valence-corrected chi connectivity index (χ0v) is 12.4. The van der Waals surface area contributed by atoms with Crippen LogP contribution in [0, 0.1) is 0 Å². The summed E-state index contributed by atoms with van der Waals surface area (Å²) in [5.74, 6) is 0.377. The van der Waals surface area contributed by atoms with E-state index >= 15 is 0 Å². The molecule has 8 heteroatoms. The van der Waals surface area contributed by atoms with Crippen molar-refractivity contribution in [3.63, 3.8) is 0 Å². The summed E-state index contributed by atoms with van der Waals surface area (Å²) in [5, 5.41) is 13.8. The van der Waals surface area contributed by atoms with Crippen LogP contribution in [0.2, 0.25) is 6.82 Å². The Balaban J connectivity index is 2.09. The maximum absolute atomic E-state index is 9.79. The molecule has 1 aromatic carbocycles. The maximum Gasteiger partial charge on any atom is 0.243 e. The molecule has 4 N–H and O–H groups in total. The van der Waals surface area contributed by atoms with Gasteiger partial charge in [0.05, 0.1) is 11.9 Å². The van der Waals surface area contributed by atoms with Gasteiger partial charge in [-0.05, 0) is 17.6 Å². The molecule has 0 aliphatic carbocycles. The third kappa shape index (κ3) is 3.48. The van der Waals surface area contributed by atoms with Crippen LogP contribution in [-0.4, -0.2) is 28.6 Å². The minimum Gasteiger partial charge on any atom is -0.505 e. The van der Waals surface area contributed by atoms with Crippen molar-refractivity contribution in [3.05, 3.63) is 34.6 Å². The van der Waals surface area contributed by atoms with Crippen molar-refractivity contribution in [2.45, 2.75) is 6.82 Å². The van der Waals surface area contributed by atoms with Gasteiger partial charge in [-0.1, -0.05) is 22.8 Å². The molecule has 0 bridgehead atoms. The predicted molar refractivity (Wildman–Crippen MR) is 86.1 cm³/mol. The summed E-state index contributed by atoms with van der Waals surface area (Å²) in [6, 6.07) is 3.32. The molecule has 0 saturated carbocycles. The highest BCUT2D eigenvalue weighted by molar-refractivity contribution is 9.10. The Kier molecular flexibility index (Phi) is 4.57. The van der Waals surface area contributed by atoms with Crippen LogP contribution in [0.5, 0.6) is 5.75 Å². The number of hydrogen-bond donors (Lipinski definition) is 3. The molecule has 0 spiro atoms. The molecular formula is C12H13BBrN5O. The number of nitrogens with zero attached hydrogens (tertiary/aromatic N) is 3. The molecule has 102 valence electrons. The highest BCUT2D eigenvalue weighted by Gasteiger charge is 2.04. The van der Waals surface area contributed by atoms with Crippen molar-refractivity contribution in [3.8, 4) is 5.75 Å². The number of phenols is 1. The first-order valence-electron chi connectivity index (χ1n) is 5.98. The van der Waals surface area contributed by atoms with Crippen LogP contribution in [0.15, 0.2) is 34.1 Å². The summed E-state index contributed by atoms with van der Waals surface area (Å²) in [6.45, 7) is 2.03. The Hall–Kier alpha value is -2.09. The Bertz CT molecular complexity index is 632. The van der Waals surface area contributed by atoms with E-state index in [9.17, 15) is 5.11 Å². The molecule has 1 aromatic heterocycles. The van der Waals surface area contributed by atoms with Crippen molar-refractivity contribution in [2.75, 3.05) is 11.2 Å². The first-order chi connectivity index (χ1) is 9.60. The van der Waals surface area contributed by atoms with Gasteiger partial charge in [0.15, 0.2) is 7.28 Å². The van der Waals surface area contributed by atoms with Crippen LogP contribution in [0.25, 0.3) is 0 Å². The van der Waals surface area contributed by atoms with Crippen molar-refractivity contribution >= 4 is 46.5 Å². The Morgan fingerprint density at radius 2 is 2.10 bits per heavy atom. The van der Waals surface area contributed by atoms with Crippen LogP contribution in [0.3, 0.4) is 0 Å². The minimum absolute atomic E-state index is 0.0130. The van der Waals surface area contributed by atoms with Crippen LogP contribution >= 0.6 is 15.9 Å². The van der Waals surface area contributed by atoms with E-state index in [2.05, 4.69) is 36.4 Å². The SMILES string of the molecule is CBc1cnc(N/N=C/c2cc(Br)cc(N)c2O)nc1. The number of rotatable bonds is 4. The Labute approximate surface area is 125 Å². The van der Waals surface area contributed by atoms with E-state index < -0.39 is 0 Å². The molecule has 0 amide bonds. The molecule has 2 aromatic rings. The van der Waals surface area contributed by atoms with Crippen molar-refractivity contribution < 1.29 is 5.11 Å². The second-order valence-electron chi connectivity index (χ2n) is 4.07. The maximum atomic E-state index is 9.79. The lowest BCUT2D eigenvalue weighted by Gasteiger charge is -2.04. The molecule has 20 heavy (non-hydrogen) atoms. The summed E-state index contributed by atoms with van der Waals surface area (Å²) in [5.41, 5.74) is 10.2. The van der Waals surface area contributed by atoms with Gasteiger partial charge < -0.3 is 10.8 Å². The van der Waals surface area contributed by atoms with Gasteiger partial charge in [-0.2, -0.15) is 5.10 Å². The number of aromatic nitrogens is 2. The molecular weight excluding hydrogens is 321 g/mol. The zero-order valence-electron chi connectivity index (χ0n) is 10.8. The van der Waals surface area contributed by atoms with E-state index in [4.69, 9.17) is 5.73 Å². The van der Waals surface area contributed by atoms with Crippen LogP contribution in [0.4, 0.5) is 11.6 Å². The number of anilines is 2. The van der Waals surface area contributed by atoms with E-state index in [1.807, 2.05) is 6.82 Å². The fraction of sp³-hybridized carbons (Fsp3) is 0.0833. The summed E-state index contributed by atoms with van der Waals surface area (Å²) >= 11 is 3.30. The lowest BCUT2D eigenvalue weighted by atomic mass is 9.75. The molecule has 2 rings (SSSR count). The standard InChI is InChI=1S/C12H13BBrN5O/c1-13-8-5-16-12(17-6-8)19-18-4-7-2-9(14)3-10(15)11(7)20/h2-6,13,20H,15H2,1H3,(H,16,17,19)/b18-4+. The minimum atomic E-state index is -0.0130. The van der Waals surface area contributed by atoms with E-state index in [1.54, 1.807) is 24.5 Å². The summed E-state index contributed by atoms with van der Waals surface area (Å²) < 4.78 is 0.762. The second-order valence-corrected chi connectivity index (χ2v) is 4.99. The average Bonchev–Trinajstić information content (AvgIpc) is 2.44. The lowest BCUT2D eigenvalue weighted by Crippen LogP contribution is -2.13. The fourth-order valence-electron chi connectivity index (χ4n) is 1.50. The largest absolute Gasteiger partial charge is 0.505 e. The van der Waals surface area contributed by atoms with Crippen molar-refractivity contribution in [1.29, 1.82) is 0 Å². The van der Waals surface area contributed by atoms with Gasteiger partial charge in [0.1, 0.15) is 5.75 Å². The molecule has 0 radical (unpaired) electrons. The number of phenolic OH excluding ortho intramolecular Hbond substituents is 1. The summed E-state index contributed by atoms with van der Waals surface area (Å²) in [7, 11) is 0.884. The quantitative estimate of drug-likeness (QED) is 0.256.